The van der Waals surface area contributed by atoms with Crippen LogP contribution in [-0.2, 0) is 11.2 Å². The summed E-state index contributed by atoms with van der Waals surface area (Å²) in [5, 5.41) is 0.124. The second kappa shape index (κ2) is 7.20. The van der Waals surface area contributed by atoms with Gasteiger partial charge in [0.25, 0.3) is 0 Å². The van der Waals surface area contributed by atoms with Gasteiger partial charge in [0.05, 0.1) is 5.75 Å². The zero-order chi connectivity index (χ0) is 17.2. The Morgan fingerprint density at radius 3 is 2.64 bits per heavy atom. The van der Waals surface area contributed by atoms with E-state index in [-0.39, 0.29) is 5.37 Å². The van der Waals surface area contributed by atoms with Crippen molar-refractivity contribution >= 4 is 17.7 Å². The van der Waals surface area contributed by atoms with Gasteiger partial charge in [-0.2, -0.15) is 0 Å². The molecule has 4 heteroatoms. The molecular weight excluding hydrogens is 328 g/mol. The number of aryl methyl sites for hydroxylation is 1. The van der Waals surface area contributed by atoms with Crippen molar-refractivity contribution in [2.45, 2.75) is 50.4 Å². The van der Waals surface area contributed by atoms with E-state index in [0.29, 0.717) is 17.7 Å². The van der Waals surface area contributed by atoms with Crippen LogP contribution in [0.4, 0.5) is 0 Å². The lowest BCUT2D eigenvalue weighted by molar-refractivity contribution is -0.130. The number of pyridine rings is 1. The van der Waals surface area contributed by atoms with E-state index in [2.05, 4.69) is 47.1 Å². The third-order valence-electron chi connectivity index (χ3n) is 5.42. The van der Waals surface area contributed by atoms with Crippen LogP contribution in [0.15, 0.2) is 42.7 Å². The molecule has 0 bridgehead atoms. The van der Waals surface area contributed by atoms with Crippen molar-refractivity contribution in [3.63, 3.8) is 0 Å². The number of thioether (sulfide) groups is 1. The van der Waals surface area contributed by atoms with Crippen LogP contribution in [0, 0.1) is 0 Å². The van der Waals surface area contributed by atoms with Crippen LogP contribution < -0.4 is 0 Å². The van der Waals surface area contributed by atoms with Gasteiger partial charge in [0.1, 0.15) is 5.37 Å². The maximum atomic E-state index is 12.6. The molecule has 1 atom stereocenters. The summed E-state index contributed by atoms with van der Waals surface area (Å²) in [6, 6.07) is 11.3. The number of hydrogen-bond acceptors (Lipinski definition) is 3. The van der Waals surface area contributed by atoms with Gasteiger partial charge in [-0.05, 0) is 42.0 Å². The quantitative estimate of drug-likeness (QED) is 0.790. The molecule has 1 saturated carbocycles. The molecule has 2 aliphatic rings. The molecule has 1 aliphatic carbocycles. The minimum absolute atomic E-state index is 0.124. The first-order valence-corrected chi connectivity index (χ1v) is 10.3. The first-order chi connectivity index (χ1) is 12.3. The summed E-state index contributed by atoms with van der Waals surface area (Å²) in [6.45, 7) is 2.17. The highest BCUT2D eigenvalue weighted by molar-refractivity contribution is 8.00. The normalized spacial score (nSPS) is 21.2. The number of hydrogen-bond donors (Lipinski definition) is 0. The molecule has 1 amide bonds. The Morgan fingerprint density at radius 2 is 1.92 bits per heavy atom. The second-order valence-corrected chi connectivity index (χ2v) is 7.98. The molecule has 1 aromatic heterocycles. The number of nitrogens with zero attached hydrogens (tertiary/aromatic N) is 2. The van der Waals surface area contributed by atoms with Crippen molar-refractivity contribution in [1.29, 1.82) is 0 Å². The minimum Gasteiger partial charge on any atom is -0.323 e. The van der Waals surface area contributed by atoms with Crippen molar-refractivity contribution in [1.82, 2.24) is 9.88 Å². The number of aromatic nitrogens is 1. The Hall–Kier alpha value is -1.81. The maximum Gasteiger partial charge on any atom is 0.234 e. The van der Waals surface area contributed by atoms with Crippen molar-refractivity contribution in [2.24, 2.45) is 0 Å². The maximum absolute atomic E-state index is 12.6. The molecule has 0 radical (unpaired) electrons. The van der Waals surface area contributed by atoms with Crippen LogP contribution in [0.2, 0.25) is 0 Å². The molecule has 1 aliphatic heterocycles. The molecule has 130 valence electrons. The van der Waals surface area contributed by atoms with Gasteiger partial charge in [0, 0.05) is 24.0 Å². The molecule has 2 heterocycles. The van der Waals surface area contributed by atoms with E-state index in [4.69, 9.17) is 0 Å². The topological polar surface area (TPSA) is 33.2 Å². The van der Waals surface area contributed by atoms with Crippen molar-refractivity contribution < 1.29 is 4.79 Å². The molecule has 4 rings (SSSR count). The van der Waals surface area contributed by atoms with Crippen LogP contribution >= 0.6 is 11.8 Å². The summed E-state index contributed by atoms with van der Waals surface area (Å²) in [6.07, 6.45) is 9.63. The summed E-state index contributed by atoms with van der Waals surface area (Å²) in [5.74, 6) is 0.892. The van der Waals surface area contributed by atoms with E-state index in [1.807, 2.05) is 12.4 Å². The van der Waals surface area contributed by atoms with Crippen molar-refractivity contribution in [3.8, 4) is 11.1 Å². The van der Waals surface area contributed by atoms with Crippen LogP contribution in [0.1, 0.15) is 49.1 Å². The Balaban J connectivity index is 1.71. The third kappa shape index (κ3) is 3.20. The zero-order valence-electron chi connectivity index (χ0n) is 14.6. The molecule has 25 heavy (non-hydrogen) atoms. The molecular formula is C21H24N2OS. The predicted octanol–water partition coefficient (Wildman–Crippen LogP) is 4.83. The van der Waals surface area contributed by atoms with Crippen LogP contribution in [0.5, 0.6) is 0 Å². The van der Waals surface area contributed by atoms with Gasteiger partial charge in [0.15, 0.2) is 0 Å². The van der Waals surface area contributed by atoms with Gasteiger partial charge in [-0.3, -0.25) is 9.78 Å². The molecule has 1 aromatic carbocycles. The number of rotatable bonds is 4. The van der Waals surface area contributed by atoms with Gasteiger partial charge in [-0.1, -0.05) is 44.0 Å². The number of amides is 1. The lowest BCUT2D eigenvalue weighted by Crippen LogP contribution is -2.36. The zero-order valence-corrected chi connectivity index (χ0v) is 15.5. The van der Waals surface area contributed by atoms with E-state index in [1.165, 1.54) is 29.5 Å². The largest absolute Gasteiger partial charge is 0.323 e. The highest BCUT2D eigenvalue weighted by Crippen LogP contribution is 2.45. The van der Waals surface area contributed by atoms with E-state index < -0.39 is 0 Å². The molecule has 2 aromatic rings. The molecule has 3 nitrogen and oxygen atoms in total. The summed E-state index contributed by atoms with van der Waals surface area (Å²) >= 11 is 1.76. The lowest BCUT2D eigenvalue weighted by atomic mass is 9.99. The van der Waals surface area contributed by atoms with Gasteiger partial charge in [-0.15, -0.1) is 11.8 Å². The van der Waals surface area contributed by atoms with E-state index in [1.54, 1.807) is 11.8 Å². The van der Waals surface area contributed by atoms with Crippen LogP contribution in [0.25, 0.3) is 11.1 Å². The monoisotopic (exact) mass is 352 g/mol. The fourth-order valence-corrected chi connectivity index (χ4v) is 5.32. The number of carbonyl (C=O) groups is 1. The molecule has 0 spiro atoms. The highest BCUT2D eigenvalue weighted by atomic mass is 32.2. The standard InChI is InChI=1S/C21H24N2OS/c1-2-15-7-9-16(10-8-15)19-13-22-12-11-18(19)21-23(20(24)14-25-21)17-5-3-4-6-17/h7-13,17,21H,2-6,14H2,1H3. The van der Waals surface area contributed by atoms with Crippen LogP contribution in [-0.4, -0.2) is 27.6 Å². The third-order valence-corrected chi connectivity index (χ3v) is 6.63. The Labute approximate surface area is 153 Å². The molecule has 0 N–H and O–H groups in total. The van der Waals surface area contributed by atoms with Crippen molar-refractivity contribution in [2.75, 3.05) is 5.75 Å². The summed E-state index contributed by atoms with van der Waals surface area (Å²) < 4.78 is 0. The summed E-state index contributed by atoms with van der Waals surface area (Å²) in [5.41, 5.74) is 4.90. The highest BCUT2D eigenvalue weighted by Gasteiger charge is 2.39. The Morgan fingerprint density at radius 1 is 1.16 bits per heavy atom. The van der Waals surface area contributed by atoms with Gasteiger partial charge in [-0.25, -0.2) is 0 Å². The van der Waals surface area contributed by atoms with E-state index >= 15 is 0 Å². The smallest absolute Gasteiger partial charge is 0.234 e. The second-order valence-electron chi connectivity index (χ2n) is 6.92. The molecule has 1 saturated heterocycles. The molecule has 1 unspecified atom stereocenters. The lowest BCUT2D eigenvalue weighted by Gasteiger charge is -2.31. The summed E-state index contributed by atoms with van der Waals surface area (Å²) in [7, 11) is 0. The molecule has 2 fully saturated rings. The van der Waals surface area contributed by atoms with Crippen LogP contribution in [0.3, 0.4) is 0 Å². The summed E-state index contributed by atoms with van der Waals surface area (Å²) in [4.78, 5) is 19.1. The Bertz CT molecular complexity index is 753. The SMILES string of the molecule is CCc1ccc(-c2cnccc2C2SCC(=O)N2C2CCCC2)cc1. The average molecular weight is 353 g/mol. The predicted molar refractivity (Wildman–Crippen MR) is 103 cm³/mol. The minimum atomic E-state index is 0.124. The fraction of sp³-hybridized carbons (Fsp3) is 0.429. The average Bonchev–Trinajstić information content (AvgIpc) is 3.31. The Kier molecular flexibility index (Phi) is 4.80. The van der Waals surface area contributed by atoms with Gasteiger partial charge in [0.2, 0.25) is 5.91 Å². The van der Waals surface area contributed by atoms with E-state index in [0.717, 1.165) is 24.8 Å². The van der Waals surface area contributed by atoms with Crippen molar-refractivity contribution in [3.05, 3.63) is 53.9 Å². The van der Waals surface area contributed by atoms with Gasteiger partial charge < -0.3 is 4.90 Å². The van der Waals surface area contributed by atoms with E-state index in [9.17, 15) is 4.79 Å². The first-order valence-electron chi connectivity index (χ1n) is 9.24. The first kappa shape index (κ1) is 16.6. The number of carbonyl (C=O) groups excluding carboxylic acids is 1. The number of benzene rings is 1. The fourth-order valence-electron chi connectivity index (χ4n) is 4.03. The van der Waals surface area contributed by atoms with Gasteiger partial charge >= 0.3 is 0 Å².